The molecule has 4 nitrogen and oxygen atoms in total. The fourth-order valence-electron chi connectivity index (χ4n) is 4.20. The number of Topliss-reactive ketones (excluding diaryl/α,β-unsaturated/α-hetero) is 2. The van der Waals surface area contributed by atoms with E-state index in [1.54, 1.807) is 12.1 Å². The number of carbonyl (C=O) groups is 2. The number of ketones is 2. The monoisotopic (exact) mass is 316 g/mol. The van der Waals surface area contributed by atoms with Gasteiger partial charge in [-0.25, -0.2) is 0 Å². The maximum absolute atomic E-state index is 12.5. The highest BCUT2D eigenvalue weighted by molar-refractivity contribution is 5.97. The van der Waals surface area contributed by atoms with Crippen LogP contribution in [0.1, 0.15) is 49.4 Å². The number of carbonyl (C=O) groups excluding carboxylic acids is 2. The van der Waals surface area contributed by atoms with Gasteiger partial charge in [-0.1, -0.05) is 43.2 Å². The number of benzene rings is 1. The lowest BCUT2D eigenvalue weighted by molar-refractivity contribution is -0.201. The molecule has 0 radical (unpaired) electrons. The summed E-state index contributed by atoms with van der Waals surface area (Å²) in [7, 11) is 0. The third-order valence-corrected chi connectivity index (χ3v) is 5.49. The highest BCUT2D eigenvalue weighted by atomic mass is 16.5. The molecule has 0 unspecified atom stereocenters. The van der Waals surface area contributed by atoms with E-state index in [9.17, 15) is 14.7 Å². The van der Waals surface area contributed by atoms with Gasteiger partial charge in [-0.05, 0) is 19.8 Å². The van der Waals surface area contributed by atoms with Gasteiger partial charge in [0.05, 0.1) is 12.7 Å². The van der Waals surface area contributed by atoms with Crippen LogP contribution in [0.4, 0.5) is 0 Å². The molecule has 124 valence electrons. The van der Waals surface area contributed by atoms with E-state index < -0.39 is 11.5 Å². The van der Waals surface area contributed by atoms with E-state index in [1.165, 1.54) is 6.92 Å². The Morgan fingerprint density at radius 3 is 2.61 bits per heavy atom. The highest BCUT2D eigenvalue weighted by Gasteiger charge is 2.55. The molecule has 0 bridgehead atoms. The van der Waals surface area contributed by atoms with Crippen molar-refractivity contribution >= 4 is 11.6 Å². The Hall–Kier alpha value is -1.52. The molecule has 1 N–H and O–H groups in total. The van der Waals surface area contributed by atoms with Gasteiger partial charge < -0.3 is 9.84 Å². The first-order valence-electron chi connectivity index (χ1n) is 8.46. The Kier molecular flexibility index (Phi) is 4.64. The minimum atomic E-state index is -1.44. The average Bonchev–Trinajstić information content (AvgIpc) is 2.58. The zero-order valence-corrected chi connectivity index (χ0v) is 13.5. The number of fused-ring (bicyclic) bond motifs is 1. The summed E-state index contributed by atoms with van der Waals surface area (Å²) in [6.45, 7) is 1.72. The summed E-state index contributed by atoms with van der Waals surface area (Å²) < 4.78 is 5.91. The first kappa shape index (κ1) is 16.3. The third-order valence-electron chi connectivity index (χ3n) is 5.49. The number of hydrogen-bond acceptors (Lipinski definition) is 4. The van der Waals surface area contributed by atoms with Crippen molar-refractivity contribution in [1.29, 1.82) is 0 Å². The molecule has 1 aliphatic carbocycles. The van der Waals surface area contributed by atoms with E-state index in [2.05, 4.69) is 0 Å². The fourth-order valence-corrected chi connectivity index (χ4v) is 4.20. The molecule has 0 amide bonds. The summed E-state index contributed by atoms with van der Waals surface area (Å²) in [6.07, 6.45) is 3.84. The number of aliphatic hydroxyl groups is 1. The second kappa shape index (κ2) is 6.54. The lowest BCUT2D eigenvalue weighted by Gasteiger charge is -2.49. The van der Waals surface area contributed by atoms with Gasteiger partial charge in [-0.3, -0.25) is 9.59 Å². The Balaban J connectivity index is 1.83. The van der Waals surface area contributed by atoms with E-state index in [0.29, 0.717) is 5.56 Å². The molecular weight excluding hydrogens is 292 g/mol. The summed E-state index contributed by atoms with van der Waals surface area (Å²) in [5.41, 5.74) is -0.822. The molecule has 3 rings (SSSR count). The molecule has 0 aromatic heterocycles. The van der Waals surface area contributed by atoms with E-state index in [0.717, 1.165) is 25.7 Å². The Morgan fingerprint density at radius 2 is 1.91 bits per heavy atom. The largest absolute Gasteiger partial charge is 0.381 e. The van der Waals surface area contributed by atoms with Gasteiger partial charge in [0.25, 0.3) is 0 Å². The molecule has 1 heterocycles. The lowest BCUT2D eigenvalue weighted by atomic mass is 9.64. The zero-order valence-electron chi connectivity index (χ0n) is 13.5. The number of rotatable bonds is 4. The van der Waals surface area contributed by atoms with Crippen molar-refractivity contribution < 1.29 is 19.4 Å². The van der Waals surface area contributed by atoms with E-state index >= 15 is 0 Å². The van der Waals surface area contributed by atoms with Crippen LogP contribution >= 0.6 is 0 Å². The summed E-state index contributed by atoms with van der Waals surface area (Å²) in [5, 5.41) is 11.2. The van der Waals surface area contributed by atoms with Crippen molar-refractivity contribution in [3.8, 4) is 0 Å². The van der Waals surface area contributed by atoms with Gasteiger partial charge in [0.1, 0.15) is 5.60 Å². The standard InChI is InChI=1S/C19H24O4/c1-13(20)19(22)15(11-17(21)14-7-3-2-4-8-14)12-23-18-10-6-5-9-16(18)19/h2-4,7-8,15-16,18,22H,5-6,9-12H2,1H3/t15-,16+,18+,19-/m0/s1. The molecular formula is C19H24O4. The second-order valence-corrected chi connectivity index (χ2v) is 6.83. The van der Waals surface area contributed by atoms with E-state index in [1.807, 2.05) is 18.2 Å². The van der Waals surface area contributed by atoms with E-state index in [4.69, 9.17) is 4.74 Å². The summed E-state index contributed by atoms with van der Waals surface area (Å²) in [5.74, 6) is -0.931. The minimum absolute atomic E-state index is 0.0480. The molecule has 4 atom stereocenters. The van der Waals surface area contributed by atoms with Gasteiger partial charge in [0.2, 0.25) is 0 Å². The topological polar surface area (TPSA) is 63.6 Å². The van der Waals surface area contributed by atoms with Crippen molar-refractivity contribution in [2.45, 2.75) is 50.7 Å². The maximum atomic E-state index is 12.5. The zero-order chi connectivity index (χ0) is 16.4. The minimum Gasteiger partial charge on any atom is -0.381 e. The Morgan fingerprint density at radius 1 is 1.22 bits per heavy atom. The molecule has 1 saturated carbocycles. The van der Waals surface area contributed by atoms with Crippen LogP contribution in [0.2, 0.25) is 0 Å². The van der Waals surface area contributed by atoms with Crippen LogP contribution in [-0.2, 0) is 9.53 Å². The summed E-state index contributed by atoms with van der Waals surface area (Å²) >= 11 is 0. The molecule has 1 saturated heterocycles. The first-order valence-corrected chi connectivity index (χ1v) is 8.46. The van der Waals surface area contributed by atoms with Crippen LogP contribution in [0.5, 0.6) is 0 Å². The van der Waals surface area contributed by atoms with Gasteiger partial charge in [0, 0.05) is 23.8 Å². The van der Waals surface area contributed by atoms with Crippen molar-refractivity contribution in [3.05, 3.63) is 35.9 Å². The molecule has 1 aliphatic heterocycles. The third kappa shape index (κ3) is 2.98. The molecule has 2 fully saturated rings. The number of hydrogen-bond donors (Lipinski definition) is 1. The molecule has 2 aliphatic rings. The van der Waals surface area contributed by atoms with Crippen LogP contribution in [0, 0.1) is 11.8 Å². The normalized spacial score (nSPS) is 33.7. The predicted octanol–water partition coefficient (Wildman–Crippen LogP) is 2.78. The predicted molar refractivity (Wildman–Crippen MR) is 86.2 cm³/mol. The van der Waals surface area contributed by atoms with Crippen molar-refractivity contribution in [2.75, 3.05) is 6.61 Å². The van der Waals surface area contributed by atoms with Crippen molar-refractivity contribution in [2.24, 2.45) is 11.8 Å². The quantitative estimate of drug-likeness (QED) is 0.868. The van der Waals surface area contributed by atoms with Crippen molar-refractivity contribution in [3.63, 3.8) is 0 Å². The smallest absolute Gasteiger partial charge is 0.163 e. The average molecular weight is 316 g/mol. The lowest BCUT2D eigenvalue weighted by Crippen LogP contribution is -2.61. The van der Waals surface area contributed by atoms with Crippen LogP contribution in [0.3, 0.4) is 0 Å². The van der Waals surface area contributed by atoms with Crippen LogP contribution in [0.15, 0.2) is 30.3 Å². The van der Waals surface area contributed by atoms with Gasteiger partial charge in [-0.2, -0.15) is 0 Å². The summed E-state index contributed by atoms with van der Waals surface area (Å²) in [6, 6.07) is 9.03. The van der Waals surface area contributed by atoms with Gasteiger partial charge in [0.15, 0.2) is 11.6 Å². The Labute approximate surface area is 136 Å². The van der Waals surface area contributed by atoms with Gasteiger partial charge >= 0.3 is 0 Å². The molecule has 4 heteroatoms. The first-order chi connectivity index (χ1) is 11.0. The van der Waals surface area contributed by atoms with Crippen molar-refractivity contribution in [1.82, 2.24) is 0 Å². The molecule has 1 aromatic carbocycles. The molecule has 1 aromatic rings. The second-order valence-electron chi connectivity index (χ2n) is 6.83. The highest BCUT2D eigenvalue weighted by Crippen LogP contribution is 2.44. The van der Waals surface area contributed by atoms with E-state index in [-0.39, 0.29) is 36.6 Å². The van der Waals surface area contributed by atoms with Crippen LogP contribution in [0.25, 0.3) is 0 Å². The fraction of sp³-hybridized carbons (Fsp3) is 0.579. The van der Waals surface area contributed by atoms with Gasteiger partial charge in [-0.15, -0.1) is 0 Å². The number of ether oxygens (including phenoxy) is 1. The SMILES string of the molecule is CC(=O)[C@]1(O)[C@@H](CC(=O)c2ccccc2)CO[C@@H]2CCCC[C@H]21. The van der Waals surface area contributed by atoms with Crippen LogP contribution in [-0.4, -0.2) is 35.0 Å². The maximum Gasteiger partial charge on any atom is 0.163 e. The molecule has 0 spiro atoms. The van der Waals surface area contributed by atoms with Crippen LogP contribution < -0.4 is 0 Å². The summed E-state index contributed by atoms with van der Waals surface area (Å²) in [4.78, 5) is 24.8. The Bertz CT molecular complexity index is 582. The molecule has 23 heavy (non-hydrogen) atoms.